The summed E-state index contributed by atoms with van der Waals surface area (Å²) in [6, 6.07) is 10.5. The fraction of sp³-hybridized carbons (Fsp3) is 0.333. The van der Waals surface area contributed by atoms with Crippen LogP contribution in [-0.4, -0.2) is 70.8 Å². The van der Waals surface area contributed by atoms with Crippen LogP contribution in [0.2, 0.25) is 0 Å². The molecule has 0 radical (unpaired) electrons. The van der Waals surface area contributed by atoms with E-state index in [0.29, 0.717) is 11.3 Å². The Balaban J connectivity index is 1.71. The summed E-state index contributed by atoms with van der Waals surface area (Å²) in [5, 5.41) is 40.4. The molecule has 4 rings (SSSR count). The molecule has 2 aromatic carbocycles. The smallest absolute Gasteiger partial charge is 0.303 e. The van der Waals surface area contributed by atoms with Gasteiger partial charge in [-0.1, -0.05) is 0 Å². The molecule has 0 aliphatic carbocycles. The maximum Gasteiger partial charge on any atom is 0.303 e. The van der Waals surface area contributed by atoms with Crippen LogP contribution in [0.15, 0.2) is 51.7 Å². The predicted molar refractivity (Wildman–Crippen MR) is 120 cm³/mol. The Morgan fingerprint density at radius 2 is 1.77 bits per heavy atom. The molecule has 0 bridgehead atoms. The number of ether oxygens (including phenoxy) is 4. The number of phenolic OH excluding ortho intramolecular Hbond substituents is 1. The summed E-state index contributed by atoms with van der Waals surface area (Å²) in [6.07, 6.45) is -7.29. The molecule has 35 heavy (non-hydrogen) atoms. The Morgan fingerprint density at radius 1 is 1.06 bits per heavy atom. The van der Waals surface area contributed by atoms with Gasteiger partial charge < -0.3 is 43.8 Å². The summed E-state index contributed by atoms with van der Waals surface area (Å²) < 4.78 is 27.2. The number of hydrogen-bond acceptors (Lipinski definition) is 11. The van der Waals surface area contributed by atoms with Crippen LogP contribution in [0.25, 0.3) is 22.3 Å². The van der Waals surface area contributed by atoms with Crippen LogP contribution in [0.1, 0.15) is 6.92 Å². The molecule has 0 amide bonds. The zero-order valence-electron chi connectivity index (χ0n) is 18.8. The van der Waals surface area contributed by atoms with E-state index in [9.17, 15) is 30.0 Å². The predicted octanol–water partition coefficient (Wildman–Crippen LogP) is 0.924. The molecule has 11 nitrogen and oxygen atoms in total. The first-order chi connectivity index (χ1) is 16.7. The van der Waals surface area contributed by atoms with E-state index in [1.807, 2.05) is 0 Å². The second-order valence-electron chi connectivity index (χ2n) is 7.92. The number of aromatic hydroxyl groups is 1. The quantitative estimate of drug-likeness (QED) is 0.365. The maximum absolute atomic E-state index is 12.7. The highest BCUT2D eigenvalue weighted by Gasteiger charge is 2.47. The molecule has 0 spiro atoms. The SMILES string of the molecule is COc1ccc(-c2cc(=O)c3c(O)cc(O[C@@H]4O[C@H](CO)[C@@H](O)[C@H](O)[C@H]4OC(C)=O)cc3o2)cc1. The number of fused-ring (bicyclic) bond motifs is 1. The molecule has 2 heterocycles. The largest absolute Gasteiger partial charge is 0.507 e. The highest BCUT2D eigenvalue weighted by Crippen LogP contribution is 2.34. The van der Waals surface area contributed by atoms with E-state index in [0.717, 1.165) is 13.0 Å². The number of phenols is 1. The number of carbonyl (C=O) groups excluding carboxylic acids is 1. The third kappa shape index (κ3) is 4.93. The Bertz CT molecular complexity index is 1270. The molecule has 1 aliphatic heterocycles. The highest BCUT2D eigenvalue weighted by molar-refractivity contribution is 5.86. The van der Waals surface area contributed by atoms with Crippen LogP contribution in [0.5, 0.6) is 17.2 Å². The van der Waals surface area contributed by atoms with Crippen LogP contribution in [-0.2, 0) is 14.3 Å². The number of carbonyl (C=O) groups is 1. The lowest BCUT2D eigenvalue weighted by molar-refractivity contribution is -0.281. The van der Waals surface area contributed by atoms with Crippen molar-refractivity contribution in [2.75, 3.05) is 13.7 Å². The summed E-state index contributed by atoms with van der Waals surface area (Å²) in [5.41, 5.74) is 0.0909. The standard InChI is InChI=1S/C24H24O11/c1-11(26)32-23-22(30)21(29)19(10-25)35-24(23)33-14-7-15(27)20-16(28)9-17(34-18(20)8-14)12-3-5-13(31-2)6-4-12/h3-9,19,21-25,27,29-30H,10H2,1-2H3/t19-,21-,22+,23-,24-/m1/s1. The molecule has 0 unspecified atom stereocenters. The Morgan fingerprint density at radius 3 is 2.40 bits per heavy atom. The van der Waals surface area contributed by atoms with E-state index in [-0.39, 0.29) is 22.5 Å². The van der Waals surface area contributed by atoms with Crippen LogP contribution < -0.4 is 14.9 Å². The van der Waals surface area contributed by atoms with Gasteiger partial charge in [-0.15, -0.1) is 0 Å². The summed E-state index contributed by atoms with van der Waals surface area (Å²) >= 11 is 0. The molecule has 5 atom stereocenters. The zero-order valence-corrected chi connectivity index (χ0v) is 18.8. The molecule has 4 N–H and O–H groups in total. The Kier molecular flexibility index (Phi) is 6.94. The number of aliphatic hydroxyl groups excluding tert-OH is 3. The van der Waals surface area contributed by atoms with Gasteiger partial charge in [0.1, 0.15) is 52.3 Å². The minimum absolute atomic E-state index is 0.00236. The number of hydrogen-bond donors (Lipinski definition) is 4. The van der Waals surface area contributed by atoms with Crippen molar-refractivity contribution in [3.05, 3.63) is 52.7 Å². The summed E-state index contributed by atoms with van der Waals surface area (Å²) in [5.74, 6) is -0.405. The molecule has 1 saturated heterocycles. The molecule has 1 fully saturated rings. The van der Waals surface area contributed by atoms with Crippen LogP contribution >= 0.6 is 0 Å². The number of esters is 1. The van der Waals surface area contributed by atoms with Crippen molar-refractivity contribution in [3.63, 3.8) is 0 Å². The van der Waals surface area contributed by atoms with Gasteiger partial charge in [0.2, 0.25) is 6.29 Å². The Labute approximate surface area is 198 Å². The van der Waals surface area contributed by atoms with Crippen molar-refractivity contribution < 1.29 is 48.6 Å². The van der Waals surface area contributed by atoms with Crippen molar-refractivity contribution in [1.29, 1.82) is 0 Å². The summed E-state index contributed by atoms with van der Waals surface area (Å²) in [7, 11) is 1.53. The first-order valence-corrected chi connectivity index (χ1v) is 10.6. The van der Waals surface area contributed by atoms with Crippen LogP contribution in [0.3, 0.4) is 0 Å². The summed E-state index contributed by atoms with van der Waals surface area (Å²) in [6.45, 7) is 0.458. The van der Waals surface area contributed by atoms with Crippen molar-refractivity contribution in [2.24, 2.45) is 0 Å². The van der Waals surface area contributed by atoms with E-state index in [4.69, 9.17) is 23.4 Å². The van der Waals surface area contributed by atoms with E-state index >= 15 is 0 Å². The van der Waals surface area contributed by atoms with Gasteiger partial charge in [-0.2, -0.15) is 0 Å². The lowest BCUT2D eigenvalue weighted by Crippen LogP contribution is -2.61. The van der Waals surface area contributed by atoms with Crippen molar-refractivity contribution in [1.82, 2.24) is 0 Å². The lowest BCUT2D eigenvalue weighted by Gasteiger charge is -2.41. The van der Waals surface area contributed by atoms with E-state index < -0.39 is 54.5 Å². The second-order valence-corrected chi connectivity index (χ2v) is 7.92. The highest BCUT2D eigenvalue weighted by atomic mass is 16.7. The molecule has 1 aromatic heterocycles. The fourth-order valence-corrected chi connectivity index (χ4v) is 3.81. The second kappa shape index (κ2) is 9.92. The number of aliphatic hydroxyl groups is 3. The number of benzene rings is 2. The normalized spacial score (nSPS) is 24.2. The third-order valence-corrected chi connectivity index (χ3v) is 5.54. The topological polar surface area (TPSA) is 165 Å². The van der Waals surface area contributed by atoms with E-state index in [2.05, 4.69) is 0 Å². The first kappa shape index (κ1) is 24.5. The molecular formula is C24H24O11. The molecule has 11 heteroatoms. The molecule has 1 aliphatic rings. The van der Waals surface area contributed by atoms with Gasteiger partial charge in [0.25, 0.3) is 0 Å². The maximum atomic E-state index is 12.7. The molecule has 186 valence electrons. The van der Waals surface area contributed by atoms with Crippen LogP contribution in [0.4, 0.5) is 0 Å². The minimum Gasteiger partial charge on any atom is -0.507 e. The average molecular weight is 488 g/mol. The first-order valence-electron chi connectivity index (χ1n) is 10.6. The summed E-state index contributed by atoms with van der Waals surface area (Å²) in [4.78, 5) is 24.2. The molecular weight excluding hydrogens is 464 g/mol. The zero-order chi connectivity index (χ0) is 25.3. The van der Waals surface area contributed by atoms with Crippen molar-refractivity contribution >= 4 is 16.9 Å². The van der Waals surface area contributed by atoms with Gasteiger partial charge in [0, 0.05) is 30.7 Å². The minimum atomic E-state index is -1.62. The van der Waals surface area contributed by atoms with Gasteiger partial charge in [0.05, 0.1) is 13.7 Å². The fourth-order valence-electron chi connectivity index (χ4n) is 3.81. The van der Waals surface area contributed by atoms with Crippen molar-refractivity contribution in [3.8, 4) is 28.6 Å². The third-order valence-electron chi connectivity index (χ3n) is 5.54. The van der Waals surface area contributed by atoms with Gasteiger partial charge in [-0.25, -0.2) is 0 Å². The lowest BCUT2D eigenvalue weighted by atomic mass is 9.99. The van der Waals surface area contributed by atoms with Crippen LogP contribution in [0, 0.1) is 0 Å². The van der Waals surface area contributed by atoms with E-state index in [1.165, 1.54) is 19.2 Å². The monoisotopic (exact) mass is 488 g/mol. The molecule has 0 saturated carbocycles. The number of rotatable bonds is 6. The molecule has 3 aromatic rings. The van der Waals surface area contributed by atoms with Gasteiger partial charge in [0.15, 0.2) is 11.5 Å². The van der Waals surface area contributed by atoms with Gasteiger partial charge in [-0.05, 0) is 24.3 Å². The van der Waals surface area contributed by atoms with Crippen molar-refractivity contribution in [2.45, 2.75) is 37.6 Å². The number of methoxy groups -OCH3 is 1. The van der Waals surface area contributed by atoms with E-state index in [1.54, 1.807) is 24.3 Å². The Hall–Kier alpha value is -3.64. The van der Waals surface area contributed by atoms with Gasteiger partial charge in [-0.3, -0.25) is 9.59 Å². The average Bonchev–Trinajstić information content (AvgIpc) is 2.83. The van der Waals surface area contributed by atoms with Gasteiger partial charge >= 0.3 is 5.97 Å².